The summed E-state index contributed by atoms with van der Waals surface area (Å²) in [7, 11) is 0. The van der Waals surface area contributed by atoms with Crippen LogP contribution in [0, 0.1) is 35.5 Å². The van der Waals surface area contributed by atoms with E-state index in [1.807, 2.05) is 0 Å². The molecule has 174 valence electrons. The molecule has 10 atom stereocenters. The predicted molar refractivity (Wildman–Crippen MR) is 122 cm³/mol. The zero-order valence-electron chi connectivity index (χ0n) is 19.2. The number of rotatable bonds is 0. The second-order valence-corrected chi connectivity index (χ2v) is 17.1. The molecule has 4 aliphatic carbocycles. The molecule has 8 fully saturated rings. The first-order chi connectivity index (χ1) is 15.3. The number of nitrogens with zero attached hydrogens (tertiary/aromatic N) is 2. The third-order valence-corrected chi connectivity index (χ3v) is 17.7. The molecule has 0 aromatic carbocycles. The molecule has 0 bridgehead atoms. The van der Waals surface area contributed by atoms with Gasteiger partial charge in [-0.25, -0.2) is 0 Å². The van der Waals surface area contributed by atoms with Gasteiger partial charge < -0.3 is 0 Å². The Labute approximate surface area is 192 Å². The quantitative estimate of drug-likeness (QED) is 0.453. The number of hydrogen-bond acceptors (Lipinski definition) is 4. The summed E-state index contributed by atoms with van der Waals surface area (Å²) in [5.41, 5.74) is 0. The van der Waals surface area contributed by atoms with Crippen molar-refractivity contribution in [2.24, 2.45) is 35.5 Å². The van der Waals surface area contributed by atoms with Crippen LogP contribution in [0.2, 0.25) is 0 Å². The summed E-state index contributed by atoms with van der Waals surface area (Å²) < 4.78 is 21.1. The zero-order chi connectivity index (χ0) is 20.2. The summed E-state index contributed by atoms with van der Waals surface area (Å²) in [5.74, 6) is 5.39. The van der Waals surface area contributed by atoms with Crippen molar-refractivity contribution < 1.29 is 7.64 Å². The van der Waals surface area contributed by atoms with Crippen LogP contribution in [0.1, 0.15) is 89.9 Å². The Balaban J connectivity index is 1.25. The van der Waals surface area contributed by atoms with Gasteiger partial charge in [0.15, 0.2) is 0 Å². The van der Waals surface area contributed by atoms with E-state index in [9.17, 15) is 0 Å². The van der Waals surface area contributed by atoms with Crippen molar-refractivity contribution >= 4 is 13.9 Å². The number of piperidine rings is 2. The molecule has 10 unspecified atom stereocenters. The maximum absolute atomic E-state index is 7.55. The molecule has 8 rings (SSSR count). The van der Waals surface area contributed by atoms with Gasteiger partial charge >= 0.3 is 192 Å². The van der Waals surface area contributed by atoms with Crippen molar-refractivity contribution in [3.05, 3.63) is 0 Å². The van der Waals surface area contributed by atoms with Crippen LogP contribution in [-0.2, 0) is 7.64 Å². The summed E-state index contributed by atoms with van der Waals surface area (Å²) in [6.07, 6.45) is 21.1. The van der Waals surface area contributed by atoms with Gasteiger partial charge in [0, 0.05) is 0 Å². The normalized spacial score (nSPS) is 60.5. The fraction of sp³-hybridized carbons (Fsp3) is 1.00. The second kappa shape index (κ2) is 7.18. The average molecular weight is 494 g/mol. The SMILES string of the molecule is C1CC2CCC3CCCN4C3C2C(C1)O[Se]41OC2CCCC3CCC4CCCN1C4C32. The molecule has 0 aromatic rings. The van der Waals surface area contributed by atoms with Gasteiger partial charge in [-0.2, -0.15) is 0 Å². The molecule has 4 heterocycles. The summed E-state index contributed by atoms with van der Waals surface area (Å²) in [4.78, 5) is 0. The zero-order valence-corrected chi connectivity index (χ0v) is 20.9. The minimum atomic E-state index is -2.77. The summed E-state index contributed by atoms with van der Waals surface area (Å²) in [5, 5.41) is 0. The molecule has 0 amide bonds. The van der Waals surface area contributed by atoms with Crippen LogP contribution >= 0.6 is 0 Å². The number of fused-ring (bicyclic) bond motifs is 2. The molecule has 8 aliphatic rings. The second-order valence-electron chi connectivity index (χ2n) is 12.5. The van der Waals surface area contributed by atoms with Crippen LogP contribution in [0.3, 0.4) is 0 Å². The molecular formula is C26H42N2O2Se. The summed E-state index contributed by atoms with van der Waals surface area (Å²) in [6, 6.07) is 1.60. The molecule has 4 saturated carbocycles. The van der Waals surface area contributed by atoms with E-state index < -0.39 is 13.9 Å². The third kappa shape index (κ3) is 2.63. The van der Waals surface area contributed by atoms with Crippen molar-refractivity contribution in [2.45, 2.75) is 114 Å². The first-order valence-electron chi connectivity index (χ1n) is 14.1. The van der Waals surface area contributed by atoms with E-state index in [1.54, 1.807) is 0 Å². The van der Waals surface area contributed by atoms with Crippen molar-refractivity contribution in [3.63, 3.8) is 0 Å². The van der Waals surface area contributed by atoms with Gasteiger partial charge in [-0.1, -0.05) is 0 Å². The van der Waals surface area contributed by atoms with E-state index in [2.05, 4.69) is 7.83 Å². The molecule has 1 spiro atoms. The Morgan fingerprint density at radius 1 is 0.484 bits per heavy atom. The van der Waals surface area contributed by atoms with E-state index in [-0.39, 0.29) is 0 Å². The Kier molecular flexibility index (Phi) is 4.55. The van der Waals surface area contributed by atoms with Crippen LogP contribution in [0.4, 0.5) is 0 Å². The molecule has 5 heteroatoms. The average Bonchev–Trinajstić information content (AvgIpc) is 2.82. The van der Waals surface area contributed by atoms with Crippen LogP contribution in [-0.4, -0.2) is 59.2 Å². The van der Waals surface area contributed by atoms with Gasteiger partial charge in [-0.15, -0.1) is 0 Å². The summed E-state index contributed by atoms with van der Waals surface area (Å²) >= 11 is -2.77. The molecular weight excluding hydrogens is 451 g/mol. The van der Waals surface area contributed by atoms with E-state index in [1.165, 1.54) is 103 Å². The van der Waals surface area contributed by atoms with E-state index >= 15 is 0 Å². The molecule has 4 nitrogen and oxygen atoms in total. The molecule has 4 saturated heterocycles. The van der Waals surface area contributed by atoms with Gasteiger partial charge in [0.1, 0.15) is 0 Å². The van der Waals surface area contributed by atoms with Crippen molar-refractivity contribution in [3.8, 4) is 0 Å². The fourth-order valence-corrected chi connectivity index (χ4v) is 18.3. The Hall–Kier alpha value is 0.359. The molecule has 0 N–H and O–H groups in total. The Morgan fingerprint density at radius 2 is 0.935 bits per heavy atom. The maximum atomic E-state index is 7.55. The van der Waals surface area contributed by atoms with Crippen molar-refractivity contribution in [2.75, 3.05) is 13.1 Å². The van der Waals surface area contributed by atoms with Gasteiger partial charge in [-0.05, 0) is 0 Å². The molecule has 31 heavy (non-hydrogen) atoms. The van der Waals surface area contributed by atoms with E-state index in [4.69, 9.17) is 7.64 Å². The van der Waals surface area contributed by atoms with E-state index in [0.717, 1.165) is 47.6 Å². The molecule has 0 aromatic heterocycles. The van der Waals surface area contributed by atoms with Gasteiger partial charge in [0.25, 0.3) is 0 Å². The van der Waals surface area contributed by atoms with E-state index in [0.29, 0.717) is 12.2 Å². The van der Waals surface area contributed by atoms with Crippen LogP contribution in [0.15, 0.2) is 0 Å². The molecule has 0 radical (unpaired) electrons. The van der Waals surface area contributed by atoms with Crippen molar-refractivity contribution in [1.82, 2.24) is 7.83 Å². The van der Waals surface area contributed by atoms with Crippen molar-refractivity contribution in [1.29, 1.82) is 0 Å². The number of hydrogen-bond donors (Lipinski definition) is 0. The predicted octanol–water partition coefficient (Wildman–Crippen LogP) is 4.80. The third-order valence-electron chi connectivity index (χ3n) is 11.3. The first kappa shape index (κ1) is 19.6. The minimum absolute atomic E-state index is 0.515. The standard InChI is InChI=1S/C26H42N2O2Se/c1-5-17-11-13-19-7-3-15-27-25(19)23(17)21(9-1)29-31(27)28-16-4-8-20-14-12-18-6-2-10-22(30-31)24(18)26(20)28/h17-26H,1-16H2. The Bertz CT molecular complexity index is 674. The van der Waals surface area contributed by atoms with Crippen LogP contribution in [0.25, 0.3) is 0 Å². The van der Waals surface area contributed by atoms with Gasteiger partial charge in [0.05, 0.1) is 0 Å². The van der Waals surface area contributed by atoms with Gasteiger partial charge in [-0.3, -0.25) is 0 Å². The Morgan fingerprint density at radius 3 is 1.45 bits per heavy atom. The topological polar surface area (TPSA) is 24.9 Å². The van der Waals surface area contributed by atoms with Crippen LogP contribution in [0.5, 0.6) is 0 Å². The summed E-state index contributed by atoms with van der Waals surface area (Å²) in [6.45, 7) is 2.54. The fourth-order valence-electron chi connectivity index (χ4n) is 10.3. The van der Waals surface area contributed by atoms with Gasteiger partial charge in [0.2, 0.25) is 0 Å². The van der Waals surface area contributed by atoms with Crippen LogP contribution < -0.4 is 0 Å². The first-order valence-corrected chi connectivity index (χ1v) is 17.0. The monoisotopic (exact) mass is 494 g/mol. The molecule has 4 aliphatic heterocycles.